The highest BCUT2D eigenvalue weighted by Gasteiger charge is 2.59. The molecule has 0 N–H and O–H groups in total. The quantitative estimate of drug-likeness (QED) is 0.474. The highest BCUT2D eigenvalue weighted by Crippen LogP contribution is 2.53. The van der Waals surface area contributed by atoms with Gasteiger partial charge in [0.05, 0.1) is 29.4 Å². The minimum absolute atomic E-state index is 0.0590. The second kappa shape index (κ2) is 5.01. The maximum absolute atomic E-state index is 11.2. The summed E-state index contributed by atoms with van der Waals surface area (Å²) in [7, 11) is 0. The van der Waals surface area contributed by atoms with Gasteiger partial charge in [-0.1, -0.05) is 0 Å². The van der Waals surface area contributed by atoms with Crippen LogP contribution in [0.1, 0.15) is 39.2 Å². The average Bonchev–Trinajstić information content (AvgIpc) is 2.90. The van der Waals surface area contributed by atoms with Crippen molar-refractivity contribution in [2.75, 3.05) is 6.61 Å². The third-order valence-corrected chi connectivity index (χ3v) is 3.98. The summed E-state index contributed by atoms with van der Waals surface area (Å²) in [5, 5.41) is 11.2. The number of pyridine rings is 1. The van der Waals surface area contributed by atoms with E-state index < -0.39 is 4.92 Å². The molecule has 0 unspecified atom stereocenters. The van der Waals surface area contributed by atoms with Crippen molar-refractivity contribution in [3.8, 4) is 5.88 Å². The number of aromatic nitrogens is 1. The zero-order valence-electron chi connectivity index (χ0n) is 12.9. The lowest BCUT2D eigenvalue weighted by atomic mass is 9.70. The lowest BCUT2D eigenvalue weighted by molar-refractivity contribution is -0.389. The summed E-state index contributed by atoms with van der Waals surface area (Å²) in [5.41, 5.74) is 0.114. The Hall–Kier alpha value is -2.02. The van der Waals surface area contributed by atoms with E-state index >= 15 is 0 Å². The van der Waals surface area contributed by atoms with Crippen molar-refractivity contribution in [2.24, 2.45) is 4.99 Å². The molecule has 1 aliphatic carbocycles. The largest absolute Gasteiger partial charge is 0.457 e. The summed E-state index contributed by atoms with van der Waals surface area (Å²) in [5.74, 6) is 0.0109. The van der Waals surface area contributed by atoms with Crippen molar-refractivity contribution >= 4 is 12.0 Å². The van der Waals surface area contributed by atoms with Gasteiger partial charge in [0.25, 0.3) is 0 Å². The van der Waals surface area contributed by atoms with Crippen molar-refractivity contribution in [1.29, 1.82) is 0 Å². The molecular formula is C15H19N3O4. The molecule has 0 spiro atoms. The van der Waals surface area contributed by atoms with E-state index in [1.807, 2.05) is 13.8 Å². The summed E-state index contributed by atoms with van der Waals surface area (Å²) in [6, 6.07) is 3.25. The third-order valence-electron chi connectivity index (χ3n) is 3.98. The van der Waals surface area contributed by atoms with Crippen LogP contribution in [0.15, 0.2) is 17.1 Å². The van der Waals surface area contributed by atoms with Crippen molar-refractivity contribution in [3.05, 3.63) is 27.8 Å². The van der Waals surface area contributed by atoms with Crippen LogP contribution in [0, 0.1) is 10.1 Å². The van der Waals surface area contributed by atoms with Crippen LogP contribution >= 0.6 is 0 Å². The number of nitro groups is 1. The van der Waals surface area contributed by atoms with Crippen LogP contribution < -0.4 is 4.74 Å². The van der Waals surface area contributed by atoms with E-state index in [-0.39, 0.29) is 28.9 Å². The first-order chi connectivity index (χ1) is 10.3. The van der Waals surface area contributed by atoms with Gasteiger partial charge in [-0.05, 0) is 31.8 Å². The smallest absolute Gasteiger partial charge is 0.376 e. The van der Waals surface area contributed by atoms with E-state index in [1.54, 1.807) is 18.3 Å². The first-order valence-electron chi connectivity index (χ1n) is 7.32. The van der Waals surface area contributed by atoms with Crippen molar-refractivity contribution in [1.82, 2.24) is 4.98 Å². The Kier molecular flexibility index (Phi) is 3.40. The fourth-order valence-corrected chi connectivity index (χ4v) is 3.18. The van der Waals surface area contributed by atoms with Gasteiger partial charge in [0.2, 0.25) is 0 Å². The topological polar surface area (TPSA) is 86.8 Å². The molecule has 0 amide bonds. The van der Waals surface area contributed by atoms with E-state index in [0.29, 0.717) is 12.2 Å². The molecule has 7 nitrogen and oxygen atoms in total. The minimum Gasteiger partial charge on any atom is -0.457 e. The fourth-order valence-electron chi connectivity index (χ4n) is 3.18. The standard InChI is InChI=1S/C15H19N3O4/c1-10(2)22-12-5-4-11(13(17-12)18(19)20)6-16-15-7-14(3,8-15)21-9-15/h4-6,10H,7-9H2,1-3H3. The number of rotatable bonds is 5. The predicted octanol–water partition coefficient (Wildman–Crippen LogP) is 2.52. The molecule has 0 aromatic carbocycles. The Morgan fingerprint density at radius 1 is 1.50 bits per heavy atom. The van der Waals surface area contributed by atoms with E-state index in [1.165, 1.54) is 0 Å². The molecule has 1 saturated carbocycles. The average molecular weight is 305 g/mol. The van der Waals surface area contributed by atoms with Gasteiger partial charge in [-0.2, -0.15) is 0 Å². The van der Waals surface area contributed by atoms with E-state index in [0.717, 1.165) is 12.8 Å². The van der Waals surface area contributed by atoms with Gasteiger partial charge in [0.15, 0.2) is 0 Å². The van der Waals surface area contributed by atoms with Crippen molar-refractivity contribution < 1.29 is 14.4 Å². The lowest BCUT2D eigenvalue weighted by Gasteiger charge is -2.39. The van der Waals surface area contributed by atoms with Crippen LogP contribution in [-0.2, 0) is 4.74 Å². The van der Waals surface area contributed by atoms with Gasteiger partial charge in [-0.15, -0.1) is 0 Å². The molecular weight excluding hydrogens is 286 g/mol. The Labute approximate surface area is 128 Å². The van der Waals surface area contributed by atoms with Gasteiger partial charge in [0.1, 0.15) is 0 Å². The first-order valence-corrected chi connectivity index (χ1v) is 7.32. The third kappa shape index (κ3) is 2.68. The van der Waals surface area contributed by atoms with Crippen molar-refractivity contribution in [2.45, 2.75) is 50.9 Å². The second-order valence-corrected chi connectivity index (χ2v) is 6.56. The summed E-state index contributed by atoms with van der Waals surface area (Å²) in [6.07, 6.45) is 3.19. The summed E-state index contributed by atoms with van der Waals surface area (Å²) in [6.45, 7) is 6.33. The second-order valence-electron chi connectivity index (χ2n) is 6.56. The summed E-state index contributed by atoms with van der Waals surface area (Å²) < 4.78 is 11.1. The normalized spacial score (nSPS) is 29.8. The molecule has 3 heterocycles. The molecule has 2 aliphatic heterocycles. The van der Waals surface area contributed by atoms with Crippen LogP contribution in [0.3, 0.4) is 0 Å². The van der Waals surface area contributed by atoms with Gasteiger partial charge in [0, 0.05) is 30.1 Å². The molecule has 0 atom stereocenters. The van der Waals surface area contributed by atoms with E-state index in [4.69, 9.17) is 9.47 Å². The number of fused-ring (bicyclic) bond motifs is 1. The predicted molar refractivity (Wildman–Crippen MR) is 80.6 cm³/mol. The SMILES string of the molecule is CC(C)Oc1ccc(C=NC23COC(C)(C2)C3)c([N+](=O)[O-])n1. The molecule has 2 saturated heterocycles. The van der Waals surface area contributed by atoms with Crippen LogP contribution in [0.5, 0.6) is 5.88 Å². The highest BCUT2D eigenvalue weighted by atomic mass is 16.6. The summed E-state index contributed by atoms with van der Waals surface area (Å²) in [4.78, 5) is 19.2. The highest BCUT2D eigenvalue weighted by molar-refractivity contribution is 5.84. The van der Waals surface area contributed by atoms with Crippen LogP contribution in [0.2, 0.25) is 0 Å². The first kappa shape index (κ1) is 14.9. The monoisotopic (exact) mass is 305 g/mol. The maximum atomic E-state index is 11.2. The fraction of sp³-hybridized carbons (Fsp3) is 0.600. The maximum Gasteiger partial charge on any atom is 0.376 e. The Morgan fingerprint density at radius 3 is 2.77 bits per heavy atom. The number of aliphatic imine (C=N–C) groups is 1. The number of hydrogen-bond acceptors (Lipinski definition) is 6. The lowest BCUT2D eigenvalue weighted by Crippen LogP contribution is -2.45. The molecule has 4 rings (SSSR count). The zero-order valence-corrected chi connectivity index (χ0v) is 12.9. The van der Waals surface area contributed by atoms with Gasteiger partial charge < -0.3 is 19.6 Å². The molecule has 1 aromatic rings. The Morgan fingerprint density at radius 2 is 2.23 bits per heavy atom. The molecule has 3 aliphatic rings. The molecule has 3 fully saturated rings. The molecule has 7 heteroatoms. The Balaban J connectivity index is 1.83. The van der Waals surface area contributed by atoms with E-state index in [9.17, 15) is 10.1 Å². The number of ether oxygens (including phenoxy) is 2. The molecule has 0 radical (unpaired) electrons. The van der Waals surface area contributed by atoms with Crippen LogP contribution in [0.4, 0.5) is 5.82 Å². The number of nitrogens with zero attached hydrogens (tertiary/aromatic N) is 3. The van der Waals surface area contributed by atoms with Gasteiger partial charge >= 0.3 is 11.7 Å². The Bertz CT molecular complexity index is 636. The van der Waals surface area contributed by atoms with Gasteiger partial charge in [-0.3, -0.25) is 4.99 Å². The summed E-state index contributed by atoms with van der Waals surface area (Å²) >= 11 is 0. The van der Waals surface area contributed by atoms with Crippen molar-refractivity contribution in [3.63, 3.8) is 0 Å². The van der Waals surface area contributed by atoms with E-state index in [2.05, 4.69) is 16.9 Å². The molecule has 22 heavy (non-hydrogen) atoms. The zero-order chi connectivity index (χ0) is 16.0. The molecule has 118 valence electrons. The molecule has 1 aromatic heterocycles. The number of hydrogen-bond donors (Lipinski definition) is 0. The van der Waals surface area contributed by atoms with Gasteiger partial charge in [-0.25, -0.2) is 0 Å². The minimum atomic E-state index is -0.512. The van der Waals surface area contributed by atoms with Crippen LogP contribution in [0.25, 0.3) is 0 Å². The molecule has 2 bridgehead atoms. The van der Waals surface area contributed by atoms with Crippen LogP contribution in [-0.4, -0.2) is 40.0 Å².